The summed E-state index contributed by atoms with van der Waals surface area (Å²) in [6.45, 7) is 5.79. The van der Waals surface area contributed by atoms with Gasteiger partial charge in [-0.05, 0) is 32.9 Å². The molecule has 0 unspecified atom stereocenters. The van der Waals surface area contributed by atoms with E-state index in [2.05, 4.69) is 25.9 Å². The number of carbonyl (C=O) groups excluding carboxylic acids is 1. The maximum absolute atomic E-state index is 11.6. The molecule has 0 radical (unpaired) electrons. The van der Waals surface area contributed by atoms with Gasteiger partial charge in [-0.1, -0.05) is 0 Å². The molecule has 0 aliphatic rings. The third-order valence-electron chi connectivity index (χ3n) is 2.22. The maximum Gasteiger partial charge on any atom is 0.364 e. The highest BCUT2D eigenvalue weighted by Gasteiger charge is 2.13. The zero-order valence-electron chi connectivity index (χ0n) is 11.0. The second-order valence-corrected chi connectivity index (χ2v) is 5.17. The number of H-pyrrole nitrogens is 1. The molecule has 0 atom stereocenters. The minimum atomic E-state index is -0.419. The van der Waals surface area contributed by atoms with Gasteiger partial charge in [-0.2, -0.15) is 9.61 Å². The van der Waals surface area contributed by atoms with Gasteiger partial charge in [0.15, 0.2) is 5.65 Å². The van der Waals surface area contributed by atoms with Crippen molar-refractivity contribution < 1.29 is 4.79 Å². The van der Waals surface area contributed by atoms with Crippen LogP contribution in [0.2, 0.25) is 0 Å². The van der Waals surface area contributed by atoms with Gasteiger partial charge in [0.1, 0.15) is 5.82 Å². The number of hydrogen-bond donors (Lipinski definition) is 3. The number of hydrogen-bond acceptors (Lipinski definition) is 5. The van der Waals surface area contributed by atoms with Crippen molar-refractivity contribution in [2.24, 2.45) is 0 Å². The molecule has 1 amide bonds. The fourth-order valence-corrected chi connectivity index (χ4v) is 1.53. The Kier molecular flexibility index (Phi) is 3.24. The third-order valence-corrected chi connectivity index (χ3v) is 2.22. The molecule has 8 nitrogen and oxygen atoms in total. The highest BCUT2D eigenvalue weighted by atomic mass is 16.2. The van der Waals surface area contributed by atoms with Gasteiger partial charge in [0, 0.05) is 5.54 Å². The molecule has 0 aliphatic carbocycles. The lowest BCUT2D eigenvalue weighted by Crippen LogP contribution is -2.43. The van der Waals surface area contributed by atoms with Crippen LogP contribution in [0.25, 0.3) is 5.65 Å². The van der Waals surface area contributed by atoms with E-state index in [0.717, 1.165) is 4.52 Å². The first-order valence-corrected chi connectivity index (χ1v) is 5.84. The zero-order valence-corrected chi connectivity index (χ0v) is 11.0. The quantitative estimate of drug-likeness (QED) is 0.708. The van der Waals surface area contributed by atoms with Gasteiger partial charge in [-0.15, -0.1) is 5.10 Å². The number of anilines is 1. The van der Waals surface area contributed by atoms with Crippen LogP contribution >= 0.6 is 0 Å². The maximum atomic E-state index is 11.6. The standard InChI is InChI=1S/C11H16N6O2/c1-11(2,3)13-9(18)6-12-7-4-5-8-14-15-10(19)17(8)16-7/h4-5H,6H2,1-3H3,(H,12,16)(H,13,18)(H,15,19). The number of rotatable bonds is 3. The number of fused-ring (bicyclic) bond motifs is 1. The molecule has 102 valence electrons. The fourth-order valence-electron chi connectivity index (χ4n) is 1.53. The topological polar surface area (TPSA) is 104 Å². The molecule has 2 aromatic heterocycles. The van der Waals surface area contributed by atoms with Gasteiger partial charge < -0.3 is 10.6 Å². The first-order chi connectivity index (χ1) is 8.85. The van der Waals surface area contributed by atoms with Gasteiger partial charge in [0.05, 0.1) is 6.54 Å². The van der Waals surface area contributed by atoms with Crippen LogP contribution in [0, 0.1) is 0 Å². The molecule has 8 heteroatoms. The summed E-state index contributed by atoms with van der Waals surface area (Å²) in [6.07, 6.45) is 0. The average molecular weight is 264 g/mol. The number of amides is 1. The molecule has 0 spiro atoms. The van der Waals surface area contributed by atoms with Crippen molar-refractivity contribution in [3.63, 3.8) is 0 Å². The lowest BCUT2D eigenvalue weighted by atomic mass is 10.1. The van der Waals surface area contributed by atoms with E-state index in [4.69, 9.17) is 0 Å². The molecule has 0 saturated carbocycles. The summed E-state index contributed by atoms with van der Waals surface area (Å²) in [5.41, 5.74) is -0.273. The highest BCUT2D eigenvalue weighted by Crippen LogP contribution is 2.03. The molecule has 0 bridgehead atoms. The SMILES string of the molecule is CC(C)(C)NC(=O)CNc1ccc2n[nH]c(=O)n2n1. The average Bonchev–Trinajstić information content (AvgIpc) is 2.66. The zero-order chi connectivity index (χ0) is 14.0. The second-order valence-electron chi connectivity index (χ2n) is 5.17. The van der Waals surface area contributed by atoms with E-state index < -0.39 is 5.69 Å². The van der Waals surface area contributed by atoms with Crippen LogP contribution in [0.1, 0.15) is 20.8 Å². The lowest BCUT2D eigenvalue weighted by molar-refractivity contribution is -0.120. The molecule has 2 aromatic rings. The summed E-state index contributed by atoms with van der Waals surface area (Å²) in [6, 6.07) is 3.29. The molecule has 3 N–H and O–H groups in total. The number of aromatic amines is 1. The highest BCUT2D eigenvalue weighted by molar-refractivity contribution is 5.81. The molecule has 0 fully saturated rings. The Balaban J connectivity index is 2.04. The Labute approximate surface area is 109 Å². The second kappa shape index (κ2) is 4.71. The largest absolute Gasteiger partial charge is 0.364 e. The van der Waals surface area contributed by atoms with Gasteiger partial charge >= 0.3 is 5.69 Å². The van der Waals surface area contributed by atoms with Crippen molar-refractivity contribution in [3.8, 4) is 0 Å². The number of nitrogens with zero attached hydrogens (tertiary/aromatic N) is 3. The van der Waals surface area contributed by atoms with E-state index in [9.17, 15) is 9.59 Å². The van der Waals surface area contributed by atoms with Gasteiger partial charge in [0.2, 0.25) is 5.91 Å². The van der Waals surface area contributed by atoms with E-state index in [-0.39, 0.29) is 18.0 Å². The van der Waals surface area contributed by atoms with E-state index in [1.807, 2.05) is 20.8 Å². The molecule has 0 aromatic carbocycles. The van der Waals surface area contributed by atoms with Gasteiger partial charge in [0.25, 0.3) is 0 Å². The number of aromatic nitrogens is 4. The van der Waals surface area contributed by atoms with Crippen molar-refractivity contribution >= 4 is 17.4 Å². The van der Waals surface area contributed by atoms with Gasteiger partial charge in [-0.3, -0.25) is 4.79 Å². The predicted octanol–water partition coefficient (Wildman–Crippen LogP) is -0.256. The van der Waals surface area contributed by atoms with Crippen LogP contribution in [0.3, 0.4) is 0 Å². The summed E-state index contributed by atoms with van der Waals surface area (Å²) < 4.78 is 1.13. The summed E-state index contributed by atoms with van der Waals surface area (Å²) >= 11 is 0. The summed E-state index contributed by atoms with van der Waals surface area (Å²) in [5.74, 6) is 0.286. The van der Waals surface area contributed by atoms with Crippen molar-refractivity contribution in [1.29, 1.82) is 0 Å². The van der Waals surface area contributed by atoms with E-state index in [0.29, 0.717) is 11.5 Å². The smallest absolute Gasteiger partial charge is 0.360 e. The minimum absolute atomic E-state index is 0.0857. The molecule has 0 aliphatic heterocycles. The summed E-state index contributed by atoms with van der Waals surface area (Å²) in [4.78, 5) is 23.0. The minimum Gasteiger partial charge on any atom is -0.360 e. The number of carbonyl (C=O) groups is 1. The Bertz CT molecular complexity index is 651. The van der Waals surface area contributed by atoms with Crippen LogP contribution in [0.15, 0.2) is 16.9 Å². The molecular formula is C11H16N6O2. The fraction of sp³-hybridized carbons (Fsp3) is 0.455. The van der Waals surface area contributed by atoms with Crippen LogP contribution in [0.4, 0.5) is 5.82 Å². The first-order valence-electron chi connectivity index (χ1n) is 5.84. The van der Waals surface area contributed by atoms with E-state index in [1.54, 1.807) is 12.1 Å². The normalized spacial score (nSPS) is 11.5. The van der Waals surface area contributed by atoms with Crippen molar-refractivity contribution in [2.45, 2.75) is 26.3 Å². The Morgan fingerprint density at radius 2 is 2.16 bits per heavy atom. The number of nitrogens with one attached hydrogen (secondary N) is 3. The van der Waals surface area contributed by atoms with Crippen LogP contribution in [-0.4, -0.2) is 37.8 Å². The molecule has 19 heavy (non-hydrogen) atoms. The van der Waals surface area contributed by atoms with Crippen molar-refractivity contribution in [2.75, 3.05) is 11.9 Å². The molecule has 2 heterocycles. The van der Waals surface area contributed by atoms with Crippen LogP contribution in [-0.2, 0) is 4.79 Å². The Morgan fingerprint density at radius 3 is 2.84 bits per heavy atom. The summed E-state index contributed by atoms with van der Waals surface area (Å²) in [5, 5.41) is 15.7. The van der Waals surface area contributed by atoms with Crippen molar-refractivity contribution in [3.05, 3.63) is 22.6 Å². The third kappa shape index (κ3) is 3.30. The molecular weight excluding hydrogens is 248 g/mol. The van der Waals surface area contributed by atoms with Gasteiger partial charge in [-0.25, -0.2) is 9.89 Å². The van der Waals surface area contributed by atoms with E-state index >= 15 is 0 Å². The van der Waals surface area contributed by atoms with Crippen LogP contribution < -0.4 is 16.3 Å². The van der Waals surface area contributed by atoms with Crippen LogP contribution in [0.5, 0.6) is 0 Å². The Hall–Kier alpha value is -2.38. The molecule has 2 rings (SSSR count). The summed E-state index contributed by atoms with van der Waals surface area (Å²) in [7, 11) is 0. The first kappa shape index (κ1) is 13.1. The molecule has 0 saturated heterocycles. The Morgan fingerprint density at radius 1 is 1.42 bits per heavy atom. The monoisotopic (exact) mass is 264 g/mol. The predicted molar refractivity (Wildman–Crippen MR) is 70.0 cm³/mol. The van der Waals surface area contributed by atoms with E-state index in [1.165, 1.54) is 0 Å². The lowest BCUT2D eigenvalue weighted by Gasteiger charge is -2.20. The van der Waals surface area contributed by atoms with Crippen molar-refractivity contribution in [1.82, 2.24) is 25.1 Å².